The summed E-state index contributed by atoms with van der Waals surface area (Å²) < 4.78 is 5.60. The maximum absolute atomic E-state index is 5.60. The molecule has 2 heterocycles. The van der Waals surface area contributed by atoms with E-state index in [1.54, 1.807) is 6.33 Å². The van der Waals surface area contributed by atoms with Crippen LogP contribution in [0.1, 0.15) is 26.7 Å². The molecule has 0 radical (unpaired) electrons. The van der Waals surface area contributed by atoms with Gasteiger partial charge in [-0.15, -0.1) is 0 Å². The summed E-state index contributed by atoms with van der Waals surface area (Å²) >= 11 is 0. The van der Waals surface area contributed by atoms with E-state index in [0.717, 1.165) is 25.5 Å². The second-order valence-corrected chi connectivity index (χ2v) is 5.47. The fraction of sp³-hybridized carbons (Fsp3) is 0.714. The van der Waals surface area contributed by atoms with Crippen molar-refractivity contribution >= 4 is 5.82 Å². The van der Waals surface area contributed by atoms with Crippen LogP contribution < -0.4 is 15.0 Å². The van der Waals surface area contributed by atoms with E-state index in [0.29, 0.717) is 11.8 Å². The van der Waals surface area contributed by atoms with Crippen LogP contribution in [0.15, 0.2) is 12.4 Å². The summed E-state index contributed by atoms with van der Waals surface area (Å²) in [7, 11) is 2.08. The Kier molecular flexibility index (Phi) is 4.96. The molecule has 1 aliphatic heterocycles. The van der Waals surface area contributed by atoms with Gasteiger partial charge in [-0.05, 0) is 45.7 Å². The number of nitrogens with one attached hydrogen (secondary N) is 1. The van der Waals surface area contributed by atoms with Crippen LogP contribution >= 0.6 is 0 Å². The number of rotatable bonds is 5. The number of anilines is 1. The number of hydrogen-bond donors (Lipinski definition) is 1. The first-order valence-electron chi connectivity index (χ1n) is 7.05. The smallest absolute Gasteiger partial charge is 0.218 e. The summed E-state index contributed by atoms with van der Waals surface area (Å²) in [6.07, 6.45) is 4.26. The Bertz CT molecular complexity index is 391. The van der Waals surface area contributed by atoms with Gasteiger partial charge in [0.05, 0.1) is 6.10 Å². The lowest BCUT2D eigenvalue weighted by Gasteiger charge is -2.28. The molecule has 1 aromatic rings. The fourth-order valence-electron chi connectivity index (χ4n) is 2.41. The van der Waals surface area contributed by atoms with Gasteiger partial charge in [0.25, 0.3) is 0 Å². The van der Waals surface area contributed by atoms with Crippen molar-refractivity contribution in [3.05, 3.63) is 12.4 Å². The quantitative estimate of drug-likeness (QED) is 0.877. The van der Waals surface area contributed by atoms with E-state index in [4.69, 9.17) is 4.74 Å². The zero-order chi connectivity index (χ0) is 13.7. The van der Waals surface area contributed by atoms with E-state index in [2.05, 4.69) is 27.2 Å². The van der Waals surface area contributed by atoms with Crippen molar-refractivity contribution in [2.45, 2.75) is 32.8 Å². The molecule has 1 aliphatic rings. The summed E-state index contributed by atoms with van der Waals surface area (Å²) in [6, 6.07) is 1.91. The zero-order valence-electron chi connectivity index (χ0n) is 12.1. The second-order valence-electron chi connectivity index (χ2n) is 5.47. The lowest BCUT2D eigenvalue weighted by molar-refractivity contribution is 0.232. The molecule has 0 saturated carbocycles. The number of ether oxygens (including phenoxy) is 1. The molecule has 1 saturated heterocycles. The molecular formula is C14H24N4O. The summed E-state index contributed by atoms with van der Waals surface area (Å²) in [6.45, 7) is 7.27. The predicted octanol–water partition coefficient (Wildman–Crippen LogP) is 1.70. The van der Waals surface area contributed by atoms with Gasteiger partial charge >= 0.3 is 0 Å². The van der Waals surface area contributed by atoms with Gasteiger partial charge in [-0.3, -0.25) is 0 Å². The highest BCUT2D eigenvalue weighted by molar-refractivity contribution is 5.39. The average Bonchev–Trinajstić information content (AvgIpc) is 2.39. The largest absolute Gasteiger partial charge is 0.475 e. The maximum atomic E-state index is 5.60. The monoisotopic (exact) mass is 264 g/mol. The van der Waals surface area contributed by atoms with Crippen LogP contribution in [0.25, 0.3) is 0 Å². The van der Waals surface area contributed by atoms with Crippen molar-refractivity contribution in [2.75, 3.05) is 31.6 Å². The number of nitrogens with zero attached hydrogens (tertiary/aromatic N) is 3. The van der Waals surface area contributed by atoms with Gasteiger partial charge in [-0.1, -0.05) is 0 Å². The molecule has 0 bridgehead atoms. The van der Waals surface area contributed by atoms with Crippen molar-refractivity contribution in [2.24, 2.45) is 5.92 Å². The maximum Gasteiger partial charge on any atom is 0.218 e. The van der Waals surface area contributed by atoms with Crippen molar-refractivity contribution in [1.82, 2.24) is 15.3 Å². The minimum absolute atomic E-state index is 0.135. The molecule has 106 valence electrons. The van der Waals surface area contributed by atoms with Crippen molar-refractivity contribution in [3.63, 3.8) is 0 Å². The van der Waals surface area contributed by atoms with Crippen molar-refractivity contribution in [1.29, 1.82) is 0 Å². The summed E-state index contributed by atoms with van der Waals surface area (Å²) in [5, 5.41) is 3.45. The minimum Gasteiger partial charge on any atom is -0.475 e. The standard InChI is InChI=1S/C14H24N4O/c1-11(2)19-14-7-13(16-10-17-14)18(3)9-12-5-4-6-15-8-12/h7,10-12,15H,4-6,8-9H2,1-3H3. The molecule has 1 fully saturated rings. The molecule has 5 heteroatoms. The number of piperidine rings is 1. The van der Waals surface area contributed by atoms with Crippen LogP contribution in [0, 0.1) is 5.92 Å². The summed E-state index contributed by atoms with van der Waals surface area (Å²) in [5.74, 6) is 2.27. The summed E-state index contributed by atoms with van der Waals surface area (Å²) in [5.41, 5.74) is 0. The Balaban J connectivity index is 1.95. The number of aromatic nitrogens is 2. The van der Waals surface area contributed by atoms with Crippen LogP contribution in [-0.2, 0) is 0 Å². The van der Waals surface area contributed by atoms with Crippen molar-refractivity contribution < 1.29 is 4.74 Å². The fourth-order valence-corrected chi connectivity index (χ4v) is 2.41. The highest BCUT2D eigenvalue weighted by Gasteiger charge is 2.16. The third-order valence-corrected chi connectivity index (χ3v) is 3.31. The summed E-state index contributed by atoms with van der Waals surface area (Å²) in [4.78, 5) is 10.6. The minimum atomic E-state index is 0.135. The zero-order valence-corrected chi connectivity index (χ0v) is 12.1. The first-order valence-corrected chi connectivity index (χ1v) is 7.05. The van der Waals surface area contributed by atoms with Crippen LogP contribution in [0.3, 0.4) is 0 Å². The Morgan fingerprint density at radius 1 is 1.47 bits per heavy atom. The van der Waals surface area contributed by atoms with Gasteiger partial charge in [-0.25, -0.2) is 9.97 Å². The first-order chi connectivity index (χ1) is 9.15. The van der Waals surface area contributed by atoms with E-state index >= 15 is 0 Å². The van der Waals surface area contributed by atoms with E-state index in [9.17, 15) is 0 Å². The Labute approximate surface area is 115 Å². The van der Waals surface area contributed by atoms with E-state index < -0.39 is 0 Å². The van der Waals surface area contributed by atoms with Crippen LogP contribution in [0.4, 0.5) is 5.82 Å². The third-order valence-electron chi connectivity index (χ3n) is 3.31. The highest BCUT2D eigenvalue weighted by Crippen LogP contribution is 2.18. The predicted molar refractivity (Wildman–Crippen MR) is 76.7 cm³/mol. The molecule has 19 heavy (non-hydrogen) atoms. The van der Waals surface area contributed by atoms with Crippen molar-refractivity contribution in [3.8, 4) is 5.88 Å². The van der Waals surface area contributed by atoms with E-state index in [-0.39, 0.29) is 6.10 Å². The van der Waals surface area contributed by atoms with Gasteiger partial charge in [-0.2, -0.15) is 0 Å². The topological polar surface area (TPSA) is 50.3 Å². The van der Waals surface area contributed by atoms with E-state index in [1.165, 1.54) is 12.8 Å². The molecule has 1 N–H and O–H groups in total. The lowest BCUT2D eigenvalue weighted by Crippen LogP contribution is -2.37. The molecule has 1 atom stereocenters. The SMILES string of the molecule is CC(C)Oc1cc(N(C)CC2CCCNC2)ncn1. The molecule has 0 aliphatic carbocycles. The van der Waals surface area contributed by atoms with Gasteiger partial charge in [0.1, 0.15) is 12.1 Å². The lowest BCUT2D eigenvalue weighted by atomic mass is 9.99. The Hall–Kier alpha value is -1.36. The molecule has 1 unspecified atom stereocenters. The molecule has 1 aromatic heterocycles. The third kappa shape index (κ3) is 4.35. The molecule has 0 amide bonds. The van der Waals surface area contributed by atoms with Gasteiger partial charge in [0, 0.05) is 19.7 Å². The van der Waals surface area contributed by atoms with Gasteiger partial charge in [0.2, 0.25) is 5.88 Å². The first kappa shape index (κ1) is 14.1. The molecule has 2 rings (SSSR count). The Morgan fingerprint density at radius 2 is 2.32 bits per heavy atom. The molecule has 0 spiro atoms. The Morgan fingerprint density at radius 3 is 3.00 bits per heavy atom. The van der Waals surface area contributed by atoms with Crippen LogP contribution in [-0.4, -0.2) is 42.8 Å². The molecular weight excluding hydrogens is 240 g/mol. The van der Waals surface area contributed by atoms with Gasteiger partial charge < -0.3 is 15.0 Å². The van der Waals surface area contributed by atoms with Crippen LogP contribution in [0.2, 0.25) is 0 Å². The average molecular weight is 264 g/mol. The molecule has 5 nitrogen and oxygen atoms in total. The van der Waals surface area contributed by atoms with Gasteiger partial charge in [0.15, 0.2) is 0 Å². The number of hydrogen-bond acceptors (Lipinski definition) is 5. The van der Waals surface area contributed by atoms with E-state index in [1.807, 2.05) is 19.9 Å². The molecule has 0 aromatic carbocycles. The normalized spacial score (nSPS) is 19.5. The van der Waals surface area contributed by atoms with Crippen LogP contribution in [0.5, 0.6) is 5.88 Å². The highest BCUT2D eigenvalue weighted by atomic mass is 16.5. The second kappa shape index (κ2) is 6.70.